The molecule has 0 spiro atoms. The summed E-state index contributed by atoms with van der Waals surface area (Å²) in [6.45, 7) is 2.67. The fourth-order valence-corrected chi connectivity index (χ4v) is 5.60. The lowest BCUT2D eigenvalue weighted by Gasteiger charge is -2.42. The Morgan fingerprint density at radius 2 is 1.69 bits per heavy atom. The highest BCUT2D eigenvalue weighted by Gasteiger charge is 2.30. The van der Waals surface area contributed by atoms with E-state index in [0.717, 1.165) is 23.1 Å². The number of nitrogens with one attached hydrogen (secondary N) is 1. The van der Waals surface area contributed by atoms with E-state index in [2.05, 4.69) is 44.9 Å². The van der Waals surface area contributed by atoms with E-state index in [4.69, 9.17) is 15.1 Å². The summed E-state index contributed by atoms with van der Waals surface area (Å²) in [5, 5.41) is 12.3. The molecule has 1 aliphatic heterocycles. The molecule has 200 valence electrons. The summed E-state index contributed by atoms with van der Waals surface area (Å²) in [6, 6.07) is 25.7. The number of aliphatic carboxylic acids is 1. The number of benzene rings is 3. The molecule has 1 atom stereocenters. The van der Waals surface area contributed by atoms with Crippen molar-refractivity contribution in [2.24, 2.45) is 0 Å². The normalized spacial score (nSPS) is 15.4. The Morgan fingerprint density at radius 1 is 0.949 bits per heavy atom. The third-order valence-corrected chi connectivity index (χ3v) is 7.88. The molecule has 0 bridgehead atoms. The van der Waals surface area contributed by atoms with E-state index in [1.807, 2.05) is 71.6 Å². The summed E-state index contributed by atoms with van der Waals surface area (Å²) >= 11 is 2.36. The van der Waals surface area contributed by atoms with E-state index in [9.17, 15) is 9.59 Å². The molecule has 39 heavy (non-hydrogen) atoms. The number of hydrogen-bond donors (Lipinski definition) is 2. The zero-order chi connectivity index (χ0) is 27.2. The topological polar surface area (TPSA) is 98.7 Å². The van der Waals surface area contributed by atoms with Gasteiger partial charge in [0.25, 0.3) is 5.91 Å². The second-order valence-corrected chi connectivity index (χ2v) is 10.4. The van der Waals surface area contributed by atoms with Crippen molar-refractivity contribution < 1.29 is 14.7 Å². The Labute approximate surface area is 241 Å². The van der Waals surface area contributed by atoms with E-state index in [-0.39, 0.29) is 18.4 Å². The van der Waals surface area contributed by atoms with Gasteiger partial charge < -0.3 is 20.2 Å². The van der Waals surface area contributed by atoms with Crippen LogP contribution in [-0.4, -0.2) is 68.5 Å². The van der Waals surface area contributed by atoms with E-state index < -0.39 is 5.97 Å². The highest BCUT2D eigenvalue weighted by Crippen LogP contribution is 2.28. The molecule has 1 fully saturated rings. The summed E-state index contributed by atoms with van der Waals surface area (Å²) in [5.74, 6) is -0.260. The van der Waals surface area contributed by atoms with Crippen molar-refractivity contribution in [2.75, 3.05) is 40.8 Å². The molecule has 1 aliphatic rings. The van der Waals surface area contributed by atoms with E-state index in [1.54, 1.807) is 0 Å². The summed E-state index contributed by atoms with van der Waals surface area (Å²) in [6.07, 6.45) is 0.539. The number of aromatic nitrogens is 2. The number of amides is 1. The fourth-order valence-electron chi connectivity index (χ4n) is 4.85. The first kappa shape index (κ1) is 26.9. The number of piperazine rings is 1. The lowest BCUT2D eigenvalue weighted by Crippen LogP contribution is -2.56. The predicted octanol–water partition coefficient (Wildman–Crippen LogP) is 5.34. The largest absolute Gasteiger partial charge is 0.481 e. The smallest absolute Gasteiger partial charge is 0.303 e. The maximum absolute atomic E-state index is 13.7. The van der Waals surface area contributed by atoms with Crippen molar-refractivity contribution in [3.63, 3.8) is 0 Å². The van der Waals surface area contributed by atoms with E-state index >= 15 is 0 Å². The molecular formula is C30H30IN5O3. The Bertz CT molecular complexity index is 1450. The number of carbonyl (C=O) groups excluding carboxylic acids is 1. The van der Waals surface area contributed by atoms with Crippen LogP contribution in [0.2, 0.25) is 0 Å². The summed E-state index contributed by atoms with van der Waals surface area (Å²) in [4.78, 5) is 38.7. The van der Waals surface area contributed by atoms with Crippen LogP contribution in [0.4, 0.5) is 11.5 Å². The van der Waals surface area contributed by atoms with Crippen LogP contribution in [0.15, 0.2) is 78.9 Å². The molecule has 0 unspecified atom stereocenters. The second kappa shape index (κ2) is 12.4. The van der Waals surface area contributed by atoms with Crippen LogP contribution >= 0.6 is 22.6 Å². The molecule has 0 aliphatic carbocycles. The van der Waals surface area contributed by atoms with Gasteiger partial charge in [-0.2, -0.15) is 0 Å². The lowest BCUT2D eigenvalue weighted by atomic mass is 10.1. The molecule has 4 aromatic rings. The van der Waals surface area contributed by atoms with E-state index in [1.165, 1.54) is 5.69 Å². The number of carboxylic acids is 1. The van der Waals surface area contributed by atoms with Crippen LogP contribution in [0.3, 0.4) is 0 Å². The van der Waals surface area contributed by atoms with Gasteiger partial charge in [0.05, 0.1) is 17.1 Å². The summed E-state index contributed by atoms with van der Waals surface area (Å²) < 4.78 is 0.838. The average Bonchev–Trinajstić information content (AvgIpc) is 2.98. The standard InChI is InChI=1S/C30H30IN5O3/c31-19-24-20-35(23-10-5-2-6-11-23)16-17-36(24)30(39)22-13-14-25-26(18-22)34-29(32-15-7-12-27(37)38)28(33-25)21-8-3-1-4-9-21/h1-6,8-11,13-14,18,24H,7,12,15-17,19-20H2,(H,32,34)(H,37,38)/t24-/m1/s1. The minimum atomic E-state index is -0.831. The van der Waals surface area contributed by atoms with E-state index in [0.29, 0.717) is 47.6 Å². The van der Waals surface area contributed by atoms with Gasteiger partial charge in [0.2, 0.25) is 0 Å². The molecule has 9 heteroatoms. The van der Waals surface area contributed by atoms with Crippen LogP contribution in [0, 0.1) is 0 Å². The van der Waals surface area contributed by atoms with Crippen molar-refractivity contribution in [1.29, 1.82) is 0 Å². The SMILES string of the molecule is O=C(O)CCCNc1nc2cc(C(=O)N3CCN(c4ccccc4)C[C@H]3CI)ccc2nc1-c1ccccc1. The van der Waals surface area contributed by atoms with Gasteiger partial charge in [-0.3, -0.25) is 9.59 Å². The van der Waals surface area contributed by atoms with Crippen LogP contribution in [-0.2, 0) is 4.79 Å². The first-order chi connectivity index (χ1) is 19.0. The van der Waals surface area contributed by atoms with Gasteiger partial charge in [-0.1, -0.05) is 71.1 Å². The highest BCUT2D eigenvalue weighted by atomic mass is 127. The molecule has 8 nitrogen and oxygen atoms in total. The third-order valence-electron chi connectivity index (χ3n) is 6.86. The maximum Gasteiger partial charge on any atom is 0.303 e. The van der Waals surface area contributed by atoms with Gasteiger partial charge in [-0.25, -0.2) is 9.97 Å². The number of alkyl halides is 1. The first-order valence-corrected chi connectivity index (χ1v) is 14.6. The number of hydrogen-bond acceptors (Lipinski definition) is 6. The summed E-state index contributed by atoms with van der Waals surface area (Å²) in [5.41, 5.74) is 4.69. The highest BCUT2D eigenvalue weighted by molar-refractivity contribution is 14.1. The van der Waals surface area contributed by atoms with Gasteiger partial charge in [-0.05, 0) is 36.8 Å². The minimum absolute atomic E-state index is 0.00354. The summed E-state index contributed by atoms with van der Waals surface area (Å²) in [7, 11) is 0. The van der Waals surface area contributed by atoms with Crippen molar-refractivity contribution in [3.8, 4) is 11.3 Å². The van der Waals surface area contributed by atoms with Crippen molar-refractivity contribution in [2.45, 2.75) is 18.9 Å². The zero-order valence-electron chi connectivity index (χ0n) is 21.5. The number of rotatable bonds is 9. The van der Waals surface area contributed by atoms with Gasteiger partial charge in [0.1, 0.15) is 5.69 Å². The number of carbonyl (C=O) groups is 2. The van der Waals surface area contributed by atoms with Gasteiger partial charge >= 0.3 is 5.97 Å². The van der Waals surface area contributed by atoms with Crippen LogP contribution in [0.1, 0.15) is 23.2 Å². The van der Waals surface area contributed by atoms with Gasteiger partial charge in [0.15, 0.2) is 5.82 Å². The number of anilines is 2. The fraction of sp³-hybridized carbons (Fsp3) is 0.267. The molecule has 0 saturated carbocycles. The van der Waals surface area contributed by atoms with Crippen molar-refractivity contribution in [3.05, 3.63) is 84.4 Å². The van der Waals surface area contributed by atoms with Crippen LogP contribution in [0.25, 0.3) is 22.3 Å². The zero-order valence-corrected chi connectivity index (χ0v) is 23.6. The monoisotopic (exact) mass is 635 g/mol. The third kappa shape index (κ3) is 6.30. The number of halogens is 1. The first-order valence-electron chi connectivity index (χ1n) is 13.0. The number of fused-ring (bicyclic) bond motifs is 1. The van der Waals surface area contributed by atoms with Crippen LogP contribution < -0.4 is 10.2 Å². The molecule has 2 N–H and O–H groups in total. The average molecular weight is 636 g/mol. The molecule has 1 amide bonds. The number of nitrogens with zero attached hydrogens (tertiary/aromatic N) is 4. The molecule has 0 radical (unpaired) electrons. The lowest BCUT2D eigenvalue weighted by molar-refractivity contribution is -0.137. The number of carboxylic acid groups (broad SMARTS) is 1. The Morgan fingerprint density at radius 3 is 2.41 bits per heavy atom. The predicted molar refractivity (Wildman–Crippen MR) is 163 cm³/mol. The molecule has 2 heterocycles. The Balaban J connectivity index is 1.40. The van der Waals surface area contributed by atoms with Gasteiger partial charge in [0, 0.05) is 53.8 Å². The van der Waals surface area contributed by atoms with Crippen molar-refractivity contribution in [1.82, 2.24) is 14.9 Å². The number of para-hydroxylation sites is 1. The molecule has 1 aromatic heterocycles. The molecule has 5 rings (SSSR count). The maximum atomic E-state index is 13.7. The minimum Gasteiger partial charge on any atom is -0.481 e. The Hall–Kier alpha value is -3.73. The van der Waals surface area contributed by atoms with Gasteiger partial charge in [-0.15, -0.1) is 0 Å². The quantitative estimate of drug-likeness (QED) is 0.146. The van der Waals surface area contributed by atoms with Crippen LogP contribution in [0.5, 0.6) is 0 Å². The second-order valence-electron chi connectivity index (χ2n) is 9.50. The Kier molecular flexibility index (Phi) is 8.55. The molecule has 3 aromatic carbocycles. The molecular weight excluding hydrogens is 605 g/mol. The van der Waals surface area contributed by atoms with Crippen molar-refractivity contribution >= 4 is 57.0 Å². The molecule has 1 saturated heterocycles.